The minimum atomic E-state index is -4.25. The molecule has 0 aromatic heterocycles. The number of fused-ring (bicyclic) bond motifs is 1. The van der Waals surface area contributed by atoms with Crippen LogP contribution in [0.2, 0.25) is 0 Å². The highest BCUT2D eigenvalue weighted by molar-refractivity contribution is 7.90. The maximum Gasteiger partial charge on any atom is 0.262 e. The van der Waals surface area contributed by atoms with Crippen LogP contribution in [0.1, 0.15) is 16.7 Å². The zero-order valence-corrected chi connectivity index (χ0v) is 19.9. The van der Waals surface area contributed by atoms with E-state index in [1.807, 2.05) is 6.92 Å². The van der Waals surface area contributed by atoms with Crippen molar-refractivity contribution in [3.63, 3.8) is 0 Å². The summed E-state index contributed by atoms with van der Waals surface area (Å²) in [5.41, 5.74) is 3.30. The number of rotatable bonds is 8. The molecule has 0 radical (unpaired) electrons. The van der Waals surface area contributed by atoms with E-state index >= 15 is 0 Å². The number of amides is 1. The van der Waals surface area contributed by atoms with E-state index in [0.29, 0.717) is 21.9 Å². The van der Waals surface area contributed by atoms with Crippen molar-refractivity contribution in [2.24, 2.45) is 0 Å². The van der Waals surface area contributed by atoms with Crippen LogP contribution in [0, 0.1) is 20.8 Å². The number of hydroxylamine groups is 1. The van der Waals surface area contributed by atoms with Crippen LogP contribution < -0.4 is 14.9 Å². The first-order valence-corrected chi connectivity index (χ1v) is 12.9. The predicted molar refractivity (Wildman–Crippen MR) is 124 cm³/mol. The van der Waals surface area contributed by atoms with Gasteiger partial charge in [-0.15, -0.1) is 0 Å². The molecule has 0 aliphatic rings. The van der Waals surface area contributed by atoms with Gasteiger partial charge in [0, 0.05) is 11.9 Å². The summed E-state index contributed by atoms with van der Waals surface area (Å²) in [5.74, 6) is -1.11. The number of nitrogens with one attached hydrogen (secondary N) is 3. The van der Waals surface area contributed by atoms with Gasteiger partial charge in [0.25, 0.3) is 5.91 Å². The van der Waals surface area contributed by atoms with Crippen LogP contribution in [0.3, 0.4) is 0 Å². The number of carbonyl (C=O) groups is 1. The van der Waals surface area contributed by atoms with Crippen molar-refractivity contribution in [3.8, 4) is 0 Å². The molecule has 0 aliphatic heterocycles. The van der Waals surface area contributed by atoms with E-state index in [-0.39, 0.29) is 9.79 Å². The molecule has 4 N–H and O–H groups in total. The normalized spacial score (nSPS) is 13.1. The van der Waals surface area contributed by atoms with Gasteiger partial charge in [-0.05, 0) is 43.4 Å². The molecule has 3 aromatic rings. The maximum atomic E-state index is 13.1. The smallest absolute Gasteiger partial charge is 0.262 e. The first-order chi connectivity index (χ1) is 15.5. The third-order valence-electron chi connectivity index (χ3n) is 5.11. The molecule has 9 nitrogen and oxygen atoms in total. The van der Waals surface area contributed by atoms with Crippen molar-refractivity contribution in [1.82, 2.24) is 14.9 Å². The Hall–Kier alpha value is -2.83. The van der Waals surface area contributed by atoms with Gasteiger partial charge in [-0.25, -0.2) is 27.0 Å². The van der Waals surface area contributed by atoms with Crippen LogP contribution in [0.4, 0.5) is 0 Å². The summed E-state index contributed by atoms with van der Waals surface area (Å²) >= 11 is 0. The second-order valence-corrected chi connectivity index (χ2v) is 11.1. The van der Waals surface area contributed by atoms with E-state index in [0.717, 1.165) is 5.56 Å². The largest absolute Gasteiger partial charge is 0.289 e. The molecule has 3 aromatic carbocycles. The standard InChI is InChI=1S/C22H25N3O6S2/c1-14-11-15(2)21(16(3)12-14)33(30,31)23-13-19(22(26)24-27)25-32(28,29)20-10-6-8-17-7-4-5-9-18(17)20/h4-12,19,23,25,27H,13H2,1-3H3,(H,24,26). The Labute approximate surface area is 192 Å². The third kappa shape index (κ3) is 5.40. The van der Waals surface area contributed by atoms with E-state index < -0.39 is 38.5 Å². The fraction of sp³-hybridized carbons (Fsp3) is 0.227. The van der Waals surface area contributed by atoms with Crippen LogP contribution in [-0.4, -0.2) is 40.5 Å². The van der Waals surface area contributed by atoms with Crippen LogP contribution in [-0.2, 0) is 24.8 Å². The number of hydrogen-bond acceptors (Lipinski definition) is 6. The van der Waals surface area contributed by atoms with Crippen molar-refractivity contribution in [3.05, 3.63) is 71.3 Å². The van der Waals surface area contributed by atoms with E-state index in [1.165, 1.54) is 11.5 Å². The molecular weight excluding hydrogens is 466 g/mol. The molecule has 3 rings (SSSR count). The van der Waals surface area contributed by atoms with Crippen LogP contribution in [0.25, 0.3) is 10.8 Å². The van der Waals surface area contributed by atoms with Gasteiger partial charge in [-0.3, -0.25) is 10.0 Å². The lowest BCUT2D eigenvalue weighted by Crippen LogP contribution is -2.52. The number of carbonyl (C=O) groups excluding carboxylic acids is 1. The molecular formula is C22H25N3O6S2. The van der Waals surface area contributed by atoms with Gasteiger partial charge in [-0.1, -0.05) is 54.1 Å². The molecule has 33 heavy (non-hydrogen) atoms. The Morgan fingerprint density at radius 2 is 1.52 bits per heavy atom. The molecule has 0 bridgehead atoms. The monoisotopic (exact) mass is 491 g/mol. The molecule has 0 fully saturated rings. The highest BCUT2D eigenvalue weighted by atomic mass is 32.2. The number of sulfonamides is 2. The van der Waals surface area contributed by atoms with Crippen molar-refractivity contribution < 1.29 is 26.8 Å². The zero-order chi connectivity index (χ0) is 24.4. The average molecular weight is 492 g/mol. The van der Waals surface area contributed by atoms with Gasteiger partial charge in [0.2, 0.25) is 20.0 Å². The minimum Gasteiger partial charge on any atom is -0.289 e. The topological polar surface area (TPSA) is 142 Å². The van der Waals surface area contributed by atoms with Crippen molar-refractivity contribution >= 4 is 36.7 Å². The molecule has 176 valence electrons. The predicted octanol–water partition coefficient (Wildman–Crippen LogP) is 1.90. The molecule has 1 amide bonds. The molecule has 11 heteroatoms. The fourth-order valence-electron chi connectivity index (χ4n) is 3.80. The lowest BCUT2D eigenvalue weighted by molar-refractivity contribution is -0.130. The molecule has 1 atom stereocenters. The van der Waals surface area contributed by atoms with Crippen LogP contribution >= 0.6 is 0 Å². The quantitative estimate of drug-likeness (QED) is 0.280. The second-order valence-electron chi connectivity index (χ2n) is 7.71. The van der Waals surface area contributed by atoms with Gasteiger partial charge < -0.3 is 0 Å². The van der Waals surface area contributed by atoms with E-state index in [9.17, 15) is 21.6 Å². The number of aryl methyl sites for hydroxylation is 3. The summed E-state index contributed by atoms with van der Waals surface area (Å²) in [6.07, 6.45) is 0. The third-order valence-corrected chi connectivity index (χ3v) is 8.37. The minimum absolute atomic E-state index is 0.0492. The van der Waals surface area contributed by atoms with Gasteiger partial charge in [0.05, 0.1) is 9.79 Å². The lowest BCUT2D eigenvalue weighted by Gasteiger charge is -2.19. The summed E-state index contributed by atoms with van der Waals surface area (Å²) in [5, 5.41) is 10.2. The van der Waals surface area contributed by atoms with Gasteiger partial charge >= 0.3 is 0 Å². The average Bonchev–Trinajstić information content (AvgIpc) is 2.74. The lowest BCUT2D eigenvalue weighted by atomic mass is 10.1. The summed E-state index contributed by atoms with van der Waals surface area (Å²) in [6, 6.07) is 13.3. The molecule has 0 spiro atoms. The van der Waals surface area contributed by atoms with Crippen molar-refractivity contribution in [1.29, 1.82) is 0 Å². The maximum absolute atomic E-state index is 13.1. The van der Waals surface area contributed by atoms with Crippen molar-refractivity contribution in [2.75, 3.05) is 6.54 Å². The Balaban J connectivity index is 1.90. The Morgan fingerprint density at radius 1 is 0.909 bits per heavy atom. The highest BCUT2D eigenvalue weighted by Gasteiger charge is 2.29. The van der Waals surface area contributed by atoms with Gasteiger partial charge in [-0.2, -0.15) is 4.72 Å². The Bertz CT molecular complexity index is 1390. The molecule has 0 saturated carbocycles. The van der Waals surface area contributed by atoms with Gasteiger partial charge in [0.15, 0.2) is 0 Å². The molecule has 0 saturated heterocycles. The highest BCUT2D eigenvalue weighted by Crippen LogP contribution is 2.23. The number of benzene rings is 3. The molecule has 0 heterocycles. The summed E-state index contributed by atoms with van der Waals surface area (Å²) in [4.78, 5) is 12.2. The first-order valence-electron chi connectivity index (χ1n) is 9.98. The van der Waals surface area contributed by atoms with Crippen LogP contribution in [0.15, 0.2) is 64.4 Å². The second kappa shape index (κ2) is 9.57. The van der Waals surface area contributed by atoms with E-state index in [1.54, 1.807) is 62.4 Å². The fourth-order valence-corrected chi connectivity index (χ4v) is 6.72. The number of hydrogen-bond donors (Lipinski definition) is 4. The first kappa shape index (κ1) is 24.8. The van der Waals surface area contributed by atoms with Crippen molar-refractivity contribution in [2.45, 2.75) is 36.6 Å². The van der Waals surface area contributed by atoms with E-state index in [2.05, 4.69) is 9.44 Å². The Morgan fingerprint density at radius 3 is 2.15 bits per heavy atom. The van der Waals surface area contributed by atoms with Gasteiger partial charge in [0.1, 0.15) is 6.04 Å². The zero-order valence-electron chi connectivity index (χ0n) is 18.3. The molecule has 1 unspecified atom stereocenters. The Kier molecular flexibility index (Phi) is 7.20. The summed E-state index contributed by atoms with van der Waals surface area (Å²) in [7, 11) is -8.33. The summed E-state index contributed by atoms with van der Waals surface area (Å²) in [6.45, 7) is 4.52. The van der Waals surface area contributed by atoms with Crippen LogP contribution in [0.5, 0.6) is 0 Å². The van der Waals surface area contributed by atoms with E-state index in [4.69, 9.17) is 5.21 Å². The molecule has 0 aliphatic carbocycles. The summed E-state index contributed by atoms with van der Waals surface area (Å²) < 4.78 is 56.5. The SMILES string of the molecule is Cc1cc(C)c(S(=O)(=O)NCC(NS(=O)(=O)c2cccc3ccccc23)C(=O)NO)c(C)c1.